The largest absolute Gasteiger partial charge is 0.375 e. The second-order valence-electron chi connectivity index (χ2n) is 5.67. The Labute approximate surface area is 110 Å². The van der Waals surface area contributed by atoms with Crippen LogP contribution >= 0.6 is 0 Å². The third kappa shape index (κ3) is 3.53. The molecular weight excluding hydrogens is 224 g/mol. The molecule has 1 aliphatic rings. The molecule has 0 N–H and O–H groups in total. The fourth-order valence-electron chi connectivity index (χ4n) is 2.73. The minimum Gasteiger partial charge on any atom is -0.375 e. The lowest BCUT2D eigenvalue weighted by molar-refractivity contribution is -0.0838. The van der Waals surface area contributed by atoms with E-state index in [1.165, 1.54) is 5.56 Å². The number of rotatable bonds is 4. The monoisotopic (exact) mass is 248 g/mol. The van der Waals surface area contributed by atoms with Crippen LogP contribution in [0.15, 0.2) is 24.5 Å². The van der Waals surface area contributed by atoms with Crippen molar-refractivity contribution >= 4 is 0 Å². The lowest BCUT2D eigenvalue weighted by Gasteiger charge is -2.41. The highest BCUT2D eigenvalue weighted by Crippen LogP contribution is 2.28. The van der Waals surface area contributed by atoms with Crippen LogP contribution in [0.1, 0.15) is 39.2 Å². The summed E-state index contributed by atoms with van der Waals surface area (Å²) in [5.41, 5.74) is 1.37. The van der Waals surface area contributed by atoms with E-state index >= 15 is 0 Å². The molecule has 3 heteroatoms. The average Bonchev–Trinajstić information content (AvgIpc) is 2.36. The van der Waals surface area contributed by atoms with Crippen molar-refractivity contribution in [1.29, 1.82) is 0 Å². The third-order valence-corrected chi connectivity index (χ3v) is 3.73. The summed E-state index contributed by atoms with van der Waals surface area (Å²) in [5, 5.41) is 0. The average molecular weight is 248 g/mol. The van der Waals surface area contributed by atoms with Crippen molar-refractivity contribution in [2.45, 2.75) is 51.8 Å². The molecule has 1 aromatic rings. The molecule has 18 heavy (non-hydrogen) atoms. The van der Waals surface area contributed by atoms with Gasteiger partial charge in [-0.2, -0.15) is 0 Å². The number of hydrogen-bond donors (Lipinski definition) is 0. The molecule has 1 fully saturated rings. The lowest BCUT2D eigenvalue weighted by Crippen LogP contribution is -2.45. The summed E-state index contributed by atoms with van der Waals surface area (Å²) in [4.78, 5) is 6.63. The van der Waals surface area contributed by atoms with Crippen LogP contribution in [0.5, 0.6) is 0 Å². The van der Waals surface area contributed by atoms with Crippen molar-refractivity contribution < 1.29 is 4.74 Å². The Kier molecular flexibility index (Phi) is 4.36. The van der Waals surface area contributed by atoms with Crippen molar-refractivity contribution in [3.05, 3.63) is 30.1 Å². The number of pyridine rings is 1. The Balaban J connectivity index is 2.00. The molecule has 0 spiro atoms. The summed E-state index contributed by atoms with van der Waals surface area (Å²) in [6, 6.07) is 4.84. The molecule has 0 radical (unpaired) electrons. The van der Waals surface area contributed by atoms with Gasteiger partial charge in [0.05, 0.1) is 5.60 Å². The van der Waals surface area contributed by atoms with Crippen molar-refractivity contribution in [2.75, 3.05) is 13.2 Å². The molecule has 100 valence electrons. The fraction of sp³-hybridized carbons (Fsp3) is 0.667. The lowest BCUT2D eigenvalue weighted by atomic mass is 9.92. The Hall–Kier alpha value is -0.930. The maximum atomic E-state index is 5.80. The van der Waals surface area contributed by atoms with Gasteiger partial charge in [-0.3, -0.25) is 9.88 Å². The minimum absolute atomic E-state index is 0.0224. The highest BCUT2D eigenvalue weighted by Gasteiger charge is 2.31. The van der Waals surface area contributed by atoms with Gasteiger partial charge in [0.25, 0.3) is 0 Å². The van der Waals surface area contributed by atoms with Crippen LogP contribution in [0.2, 0.25) is 0 Å². The molecule has 3 nitrogen and oxygen atoms in total. The van der Waals surface area contributed by atoms with Crippen LogP contribution in [0.25, 0.3) is 0 Å². The maximum Gasteiger partial charge on any atom is 0.0641 e. The first-order valence-electron chi connectivity index (χ1n) is 6.87. The van der Waals surface area contributed by atoms with Gasteiger partial charge in [-0.25, -0.2) is 0 Å². The van der Waals surface area contributed by atoms with Gasteiger partial charge in [-0.1, -0.05) is 6.92 Å². The standard InChI is InChI=1S/C15H24N2O/c1-4-17(12-13-5-8-16-9-6-13)14-7-10-18-15(2,3)11-14/h5-6,8-9,14H,4,7,10-12H2,1-3H3/t14-/m0/s1. The smallest absolute Gasteiger partial charge is 0.0641 e. The summed E-state index contributed by atoms with van der Waals surface area (Å²) in [6.45, 7) is 9.61. The zero-order valence-corrected chi connectivity index (χ0v) is 11.7. The molecule has 1 aromatic heterocycles. The molecule has 0 saturated carbocycles. The van der Waals surface area contributed by atoms with E-state index in [1.54, 1.807) is 0 Å². The zero-order chi connectivity index (χ0) is 13.0. The summed E-state index contributed by atoms with van der Waals surface area (Å²) >= 11 is 0. The summed E-state index contributed by atoms with van der Waals surface area (Å²) in [7, 11) is 0. The molecule has 0 aliphatic carbocycles. The van der Waals surface area contributed by atoms with Crippen molar-refractivity contribution in [3.8, 4) is 0 Å². The van der Waals surface area contributed by atoms with Gasteiger partial charge in [0.1, 0.15) is 0 Å². The molecule has 0 aromatic carbocycles. The van der Waals surface area contributed by atoms with E-state index in [2.05, 4.69) is 42.8 Å². The van der Waals surface area contributed by atoms with Crippen molar-refractivity contribution in [3.63, 3.8) is 0 Å². The number of hydrogen-bond acceptors (Lipinski definition) is 3. The SMILES string of the molecule is CCN(Cc1ccncc1)[C@H]1CCOC(C)(C)C1. The Morgan fingerprint density at radius 3 is 2.72 bits per heavy atom. The van der Waals surface area contributed by atoms with E-state index in [1.807, 2.05) is 12.4 Å². The van der Waals surface area contributed by atoms with Crippen LogP contribution in [-0.4, -0.2) is 34.7 Å². The first kappa shape index (κ1) is 13.5. The van der Waals surface area contributed by atoms with E-state index < -0.39 is 0 Å². The van der Waals surface area contributed by atoms with E-state index in [0.717, 1.165) is 32.5 Å². The second-order valence-corrected chi connectivity index (χ2v) is 5.67. The quantitative estimate of drug-likeness (QED) is 0.819. The molecule has 1 atom stereocenters. The molecule has 0 bridgehead atoms. The topological polar surface area (TPSA) is 25.4 Å². The van der Waals surface area contributed by atoms with Crippen molar-refractivity contribution in [2.24, 2.45) is 0 Å². The van der Waals surface area contributed by atoms with E-state index in [4.69, 9.17) is 4.74 Å². The maximum absolute atomic E-state index is 5.80. The van der Waals surface area contributed by atoms with Gasteiger partial charge >= 0.3 is 0 Å². The molecule has 1 saturated heterocycles. The highest BCUT2D eigenvalue weighted by molar-refractivity contribution is 5.09. The fourth-order valence-corrected chi connectivity index (χ4v) is 2.73. The molecule has 2 heterocycles. The summed E-state index contributed by atoms with van der Waals surface area (Å²) in [6.07, 6.45) is 6.00. The van der Waals surface area contributed by atoms with Crippen molar-refractivity contribution in [1.82, 2.24) is 9.88 Å². The van der Waals surface area contributed by atoms with Gasteiger partial charge in [-0.15, -0.1) is 0 Å². The second kappa shape index (κ2) is 5.81. The van der Waals surface area contributed by atoms with Crippen LogP contribution in [-0.2, 0) is 11.3 Å². The predicted octanol–water partition coefficient (Wildman–Crippen LogP) is 2.86. The number of aromatic nitrogens is 1. The minimum atomic E-state index is 0.0224. The van der Waals surface area contributed by atoms with Gasteiger partial charge in [0, 0.05) is 31.6 Å². The van der Waals surface area contributed by atoms with E-state index in [0.29, 0.717) is 6.04 Å². The Morgan fingerprint density at radius 2 is 2.11 bits per heavy atom. The normalized spacial score (nSPS) is 23.2. The van der Waals surface area contributed by atoms with Gasteiger partial charge in [-0.05, 0) is 50.9 Å². The first-order valence-corrected chi connectivity index (χ1v) is 6.87. The number of ether oxygens (including phenoxy) is 1. The first-order chi connectivity index (χ1) is 8.61. The van der Waals surface area contributed by atoms with Gasteiger partial charge in [0.2, 0.25) is 0 Å². The molecule has 2 rings (SSSR count). The highest BCUT2D eigenvalue weighted by atomic mass is 16.5. The molecule has 1 aliphatic heterocycles. The van der Waals surface area contributed by atoms with Crippen LogP contribution in [0, 0.1) is 0 Å². The third-order valence-electron chi connectivity index (χ3n) is 3.73. The Bertz CT molecular complexity index is 364. The van der Waals surface area contributed by atoms with Gasteiger partial charge < -0.3 is 4.74 Å². The predicted molar refractivity (Wildman–Crippen MR) is 73.4 cm³/mol. The molecular formula is C15H24N2O. The molecule has 0 unspecified atom stereocenters. The van der Waals surface area contributed by atoms with Gasteiger partial charge in [0.15, 0.2) is 0 Å². The van der Waals surface area contributed by atoms with Crippen LogP contribution < -0.4 is 0 Å². The number of nitrogens with zero attached hydrogens (tertiary/aromatic N) is 2. The summed E-state index contributed by atoms with van der Waals surface area (Å²) < 4.78 is 5.80. The van der Waals surface area contributed by atoms with Crippen LogP contribution in [0.4, 0.5) is 0 Å². The zero-order valence-electron chi connectivity index (χ0n) is 11.7. The van der Waals surface area contributed by atoms with E-state index in [-0.39, 0.29) is 5.60 Å². The van der Waals surface area contributed by atoms with E-state index in [9.17, 15) is 0 Å². The summed E-state index contributed by atoms with van der Waals surface area (Å²) in [5.74, 6) is 0. The Morgan fingerprint density at radius 1 is 1.39 bits per heavy atom. The molecule has 0 amide bonds. The van der Waals surface area contributed by atoms with Crippen LogP contribution in [0.3, 0.4) is 0 Å².